The van der Waals surface area contributed by atoms with Crippen LogP contribution >= 0.6 is 0 Å². The van der Waals surface area contributed by atoms with Crippen LogP contribution in [0.2, 0.25) is 0 Å². The Hall–Kier alpha value is -0.300. The van der Waals surface area contributed by atoms with Crippen LogP contribution < -0.4 is 5.32 Å². The van der Waals surface area contributed by atoms with Crippen molar-refractivity contribution >= 4 is 0 Å². The number of hydrogen-bond donors (Lipinski definition) is 1. The van der Waals surface area contributed by atoms with Crippen molar-refractivity contribution in [2.45, 2.75) is 78.2 Å². The lowest BCUT2D eigenvalue weighted by Gasteiger charge is -2.23. The van der Waals surface area contributed by atoms with E-state index in [9.17, 15) is 0 Å². The summed E-state index contributed by atoms with van der Waals surface area (Å²) in [6, 6.07) is 0.828. The zero-order valence-electron chi connectivity index (χ0n) is 12.1. The predicted molar refractivity (Wildman–Crippen MR) is 77.3 cm³/mol. The molecule has 1 atom stereocenters. The SMILES string of the molecule is CC(C)=CCCC(C)CCNC1CCCCC1. The summed E-state index contributed by atoms with van der Waals surface area (Å²) < 4.78 is 0. The van der Waals surface area contributed by atoms with E-state index in [1.165, 1.54) is 63.5 Å². The second-order valence-electron chi connectivity index (χ2n) is 6.04. The monoisotopic (exact) mass is 237 g/mol. The van der Waals surface area contributed by atoms with Crippen molar-refractivity contribution in [3.8, 4) is 0 Å². The molecule has 0 bridgehead atoms. The number of hydrogen-bond acceptors (Lipinski definition) is 1. The Labute approximate surface area is 108 Å². The average molecular weight is 237 g/mol. The number of nitrogens with one attached hydrogen (secondary N) is 1. The van der Waals surface area contributed by atoms with E-state index >= 15 is 0 Å². The van der Waals surface area contributed by atoms with Gasteiger partial charge in [0.1, 0.15) is 0 Å². The maximum atomic E-state index is 3.74. The van der Waals surface area contributed by atoms with Crippen LogP contribution in [0.4, 0.5) is 0 Å². The molecule has 1 unspecified atom stereocenters. The van der Waals surface area contributed by atoms with E-state index in [-0.39, 0.29) is 0 Å². The van der Waals surface area contributed by atoms with E-state index in [4.69, 9.17) is 0 Å². The van der Waals surface area contributed by atoms with Crippen LogP contribution in [-0.2, 0) is 0 Å². The first kappa shape index (κ1) is 14.8. The Morgan fingerprint density at radius 3 is 2.53 bits per heavy atom. The van der Waals surface area contributed by atoms with Crippen LogP contribution in [0.25, 0.3) is 0 Å². The van der Waals surface area contributed by atoms with Gasteiger partial charge in [0, 0.05) is 6.04 Å². The van der Waals surface area contributed by atoms with E-state index in [0.717, 1.165) is 12.0 Å². The first-order valence-electron chi connectivity index (χ1n) is 7.55. The fraction of sp³-hybridized carbons (Fsp3) is 0.875. The Balaban J connectivity index is 1.99. The summed E-state index contributed by atoms with van der Waals surface area (Å²) in [6.45, 7) is 7.99. The Morgan fingerprint density at radius 2 is 1.88 bits per heavy atom. The second kappa shape index (κ2) is 8.74. The van der Waals surface area contributed by atoms with Crippen molar-refractivity contribution in [2.75, 3.05) is 6.54 Å². The zero-order chi connectivity index (χ0) is 12.5. The summed E-state index contributed by atoms with van der Waals surface area (Å²) in [7, 11) is 0. The first-order valence-corrected chi connectivity index (χ1v) is 7.55. The van der Waals surface area contributed by atoms with E-state index in [1.54, 1.807) is 0 Å². The Morgan fingerprint density at radius 1 is 1.18 bits per heavy atom. The van der Waals surface area contributed by atoms with E-state index in [2.05, 4.69) is 32.2 Å². The topological polar surface area (TPSA) is 12.0 Å². The highest BCUT2D eigenvalue weighted by Gasteiger charge is 2.12. The van der Waals surface area contributed by atoms with Gasteiger partial charge in [0.05, 0.1) is 0 Å². The van der Waals surface area contributed by atoms with Crippen molar-refractivity contribution in [1.82, 2.24) is 5.32 Å². The molecule has 0 saturated heterocycles. The van der Waals surface area contributed by atoms with Crippen LogP contribution in [0.3, 0.4) is 0 Å². The molecule has 0 aromatic rings. The van der Waals surface area contributed by atoms with E-state index in [0.29, 0.717) is 0 Å². The summed E-state index contributed by atoms with van der Waals surface area (Å²) in [4.78, 5) is 0. The molecule has 0 amide bonds. The third kappa shape index (κ3) is 7.59. The van der Waals surface area contributed by atoms with Crippen LogP contribution in [0.1, 0.15) is 72.1 Å². The smallest absolute Gasteiger partial charge is 0.00670 e. The summed E-state index contributed by atoms with van der Waals surface area (Å²) in [5, 5.41) is 3.74. The highest BCUT2D eigenvalue weighted by Crippen LogP contribution is 2.18. The molecule has 0 aromatic carbocycles. The molecule has 1 aliphatic carbocycles. The lowest BCUT2D eigenvalue weighted by Crippen LogP contribution is -2.32. The van der Waals surface area contributed by atoms with Gasteiger partial charge in [0.15, 0.2) is 0 Å². The minimum absolute atomic E-state index is 0.828. The molecule has 1 rings (SSSR count). The molecule has 1 aliphatic rings. The summed E-state index contributed by atoms with van der Waals surface area (Å²) in [5.74, 6) is 0.863. The molecule has 1 nitrogen and oxygen atoms in total. The standard InChI is InChI=1S/C16H31N/c1-14(2)8-7-9-15(3)12-13-17-16-10-5-4-6-11-16/h8,15-17H,4-7,9-13H2,1-3H3. The third-order valence-electron chi connectivity index (χ3n) is 3.89. The van der Waals surface area contributed by atoms with Gasteiger partial charge in [-0.2, -0.15) is 0 Å². The zero-order valence-corrected chi connectivity index (χ0v) is 12.1. The fourth-order valence-corrected chi connectivity index (χ4v) is 2.64. The van der Waals surface area contributed by atoms with Crippen molar-refractivity contribution in [1.29, 1.82) is 0 Å². The van der Waals surface area contributed by atoms with Gasteiger partial charge in [-0.3, -0.25) is 0 Å². The lowest BCUT2D eigenvalue weighted by atomic mass is 9.95. The van der Waals surface area contributed by atoms with Gasteiger partial charge in [-0.1, -0.05) is 37.8 Å². The maximum Gasteiger partial charge on any atom is 0.00670 e. The Kier molecular flexibility index (Phi) is 7.59. The summed E-state index contributed by atoms with van der Waals surface area (Å²) in [6.07, 6.45) is 13.5. The molecular formula is C16H31N. The average Bonchev–Trinajstić information content (AvgIpc) is 2.30. The maximum absolute atomic E-state index is 3.74. The predicted octanol–water partition coefficient (Wildman–Crippen LogP) is 4.68. The molecule has 1 heteroatoms. The van der Waals surface area contributed by atoms with Gasteiger partial charge in [-0.05, 0) is 58.4 Å². The van der Waals surface area contributed by atoms with Gasteiger partial charge in [0.25, 0.3) is 0 Å². The highest BCUT2D eigenvalue weighted by atomic mass is 14.9. The molecule has 100 valence electrons. The molecular weight excluding hydrogens is 206 g/mol. The van der Waals surface area contributed by atoms with Gasteiger partial charge < -0.3 is 5.32 Å². The van der Waals surface area contributed by atoms with Crippen LogP contribution in [-0.4, -0.2) is 12.6 Å². The number of allylic oxidation sites excluding steroid dienone is 2. The summed E-state index contributed by atoms with van der Waals surface area (Å²) in [5.41, 5.74) is 1.46. The molecule has 0 heterocycles. The molecule has 0 aromatic heterocycles. The molecule has 0 radical (unpaired) electrons. The van der Waals surface area contributed by atoms with Gasteiger partial charge >= 0.3 is 0 Å². The molecule has 1 saturated carbocycles. The second-order valence-corrected chi connectivity index (χ2v) is 6.04. The molecule has 0 spiro atoms. The van der Waals surface area contributed by atoms with Crippen molar-refractivity contribution in [3.63, 3.8) is 0 Å². The fourth-order valence-electron chi connectivity index (χ4n) is 2.64. The molecule has 17 heavy (non-hydrogen) atoms. The van der Waals surface area contributed by atoms with Crippen LogP contribution in [0.15, 0.2) is 11.6 Å². The highest BCUT2D eigenvalue weighted by molar-refractivity contribution is 4.92. The minimum Gasteiger partial charge on any atom is -0.314 e. The molecule has 1 fully saturated rings. The van der Waals surface area contributed by atoms with Crippen molar-refractivity contribution in [2.24, 2.45) is 5.92 Å². The summed E-state index contributed by atoms with van der Waals surface area (Å²) >= 11 is 0. The van der Waals surface area contributed by atoms with Crippen molar-refractivity contribution < 1.29 is 0 Å². The Bertz CT molecular complexity index is 210. The quantitative estimate of drug-likeness (QED) is 0.634. The van der Waals surface area contributed by atoms with Crippen molar-refractivity contribution in [3.05, 3.63) is 11.6 Å². The van der Waals surface area contributed by atoms with Gasteiger partial charge in [0.2, 0.25) is 0 Å². The van der Waals surface area contributed by atoms with Gasteiger partial charge in [-0.15, -0.1) is 0 Å². The largest absolute Gasteiger partial charge is 0.314 e. The van der Waals surface area contributed by atoms with E-state index in [1.807, 2.05) is 0 Å². The van der Waals surface area contributed by atoms with Gasteiger partial charge in [-0.25, -0.2) is 0 Å². The normalized spacial score (nSPS) is 19.0. The first-order chi connectivity index (χ1) is 8.18. The lowest BCUT2D eigenvalue weighted by molar-refractivity contribution is 0.357. The molecule has 1 N–H and O–H groups in total. The minimum atomic E-state index is 0.828. The van der Waals surface area contributed by atoms with Crippen LogP contribution in [0, 0.1) is 5.92 Å². The third-order valence-corrected chi connectivity index (χ3v) is 3.89. The molecule has 0 aliphatic heterocycles. The number of rotatable bonds is 7. The van der Waals surface area contributed by atoms with Crippen LogP contribution in [0.5, 0.6) is 0 Å². The van der Waals surface area contributed by atoms with E-state index < -0.39 is 0 Å².